The molecule has 2 aromatic carbocycles. The van der Waals surface area contributed by atoms with Gasteiger partial charge < -0.3 is 4.74 Å². The molecular weight excluding hydrogens is 384 g/mol. The lowest BCUT2D eigenvalue weighted by Crippen LogP contribution is -2.44. The second-order valence-electron chi connectivity index (χ2n) is 6.81. The molecule has 1 unspecified atom stereocenters. The summed E-state index contributed by atoms with van der Waals surface area (Å²) in [6, 6.07) is 12.9. The highest BCUT2D eigenvalue weighted by atomic mass is 35.5. The number of halogens is 1. The fourth-order valence-electron chi connectivity index (χ4n) is 3.33. The van der Waals surface area contributed by atoms with Crippen LogP contribution in [0.25, 0.3) is 0 Å². The van der Waals surface area contributed by atoms with Gasteiger partial charge in [0.1, 0.15) is 0 Å². The molecule has 1 aliphatic heterocycles. The maximum Gasteiger partial charge on any atom is 0.240 e. The summed E-state index contributed by atoms with van der Waals surface area (Å²) in [4.78, 5) is 2.54. The third kappa shape index (κ3) is 4.89. The minimum Gasteiger partial charge on any atom is -0.379 e. The smallest absolute Gasteiger partial charge is 0.240 e. The summed E-state index contributed by atoms with van der Waals surface area (Å²) in [6.45, 7) is 6.68. The Morgan fingerprint density at radius 1 is 1.15 bits per heavy atom. The summed E-state index contributed by atoms with van der Waals surface area (Å²) in [7, 11) is -3.62. The van der Waals surface area contributed by atoms with Gasteiger partial charge in [-0.25, -0.2) is 13.1 Å². The lowest BCUT2D eigenvalue weighted by Gasteiger charge is -2.35. The van der Waals surface area contributed by atoms with E-state index in [1.165, 1.54) is 0 Å². The zero-order valence-corrected chi connectivity index (χ0v) is 17.2. The van der Waals surface area contributed by atoms with Crippen molar-refractivity contribution in [2.45, 2.75) is 24.8 Å². The van der Waals surface area contributed by atoms with Crippen molar-refractivity contribution in [1.29, 1.82) is 0 Å². The van der Waals surface area contributed by atoms with Gasteiger partial charge in [0.05, 0.1) is 18.1 Å². The van der Waals surface area contributed by atoms with Crippen molar-refractivity contribution in [3.8, 4) is 0 Å². The van der Waals surface area contributed by atoms with E-state index in [0.29, 0.717) is 23.1 Å². The van der Waals surface area contributed by atoms with Crippen LogP contribution in [0, 0.1) is 13.8 Å². The summed E-state index contributed by atoms with van der Waals surface area (Å²) in [5.41, 5.74) is 2.57. The first-order valence-electron chi connectivity index (χ1n) is 9.01. The molecule has 2 aromatic rings. The normalized spacial score (nSPS) is 17.0. The standard InChI is InChI=1S/C20H25ClN2O3S/c1-15-7-8-16(2)20(13-15)27(24,25)22-14-19(23-9-11-26-12-10-23)17-5-3-4-6-18(17)21/h3-8,13,19,22H,9-12,14H2,1-2H3. The first kappa shape index (κ1) is 20.3. The molecule has 5 nitrogen and oxygen atoms in total. The highest BCUT2D eigenvalue weighted by Gasteiger charge is 2.27. The van der Waals surface area contributed by atoms with E-state index in [4.69, 9.17) is 16.3 Å². The topological polar surface area (TPSA) is 58.6 Å². The SMILES string of the molecule is Cc1ccc(C)c(S(=O)(=O)NCC(c2ccccc2Cl)N2CCOCC2)c1. The predicted molar refractivity (Wildman–Crippen MR) is 108 cm³/mol. The van der Waals surface area contributed by atoms with Crippen LogP contribution in [0.1, 0.15) is 22.7 Å². The van der Waals surface area contributed by atoms with Crippen molar-refractivity contribution in [1.82, 2.24) is 9.62 Å². The molecule has 0 bridgehead atoms. The Kier molecular flexibility index (Phi) is 6.55. The summed E-state index contributed by atoms with van der Waals surface area (Å²) >= 11 is 6.42. The molecule has 0 saturated carbocycles. The maximum absolute atomic E-state index is 12.9. The molecule has 0 amide bonds. The van der Waals surface area contributed by atoms with Crippen molar-refractivity contribution in [3.05, 3.63) is 64.2 Å². The molecule has 0 aromatic heterocycles. The molecule has 146 valence electrons. The Bertz CT molecular complexity index is 896. The van der Waals surface area contributed by atoms with Crippen LogP contribution in [0.2, 0.25) is 5.02 Å². The summed E-state index contributed by atoms with van der Waals surface area (Å²) in [6.07, 6.45) is 0. The predicted octanol–water partition coefficient (Wildman–Crippen LogP) is 3.31. The highest BCUT2D eigenvalue weighted by molar-refractivity contribution is 7.89. The number of rotatable bonds is 6. The van der Waals surface area contributed by atoms with E-state index in [2.05, 4.69) is 9.62 Å². The molecule has 1 saturated heterocycles. The average molecular weight is 409 g/mol. The van der Waals surface area contributed by atoms with Crippen molar-refractivity contribution >= 4 is 21.6 Å². The summed E-state index contributed by atoms with van der Waals surface area (Å²) in [5, 5.41) is 0.639. The number of ether oxygens (including phenoxy) is 1. The van der Waals surface area contributed by atoms with Gasteiger partial charge in [0.2, 0.25) is 10.0 Å². The van der Waals surface area contributed by atoms with Gasteiger partial charge in [-0.1, -0.05) is 41.9 Å². The van der Waals surface area contributed by atoms with Gasteiger partial charge in [-0.15, -0.1) is 0 Å². The maximum atomic E-state index is 12.9. The number of nitrogens with one attached hydrogen (secondary N) is 1. The second-order valence-corrected chi connectivity index (χ2v) is 8.95. The van der Waals surface area contributed by atoms with E-state index >= 15 is 0 Å². The minimum absolute atomic E-state index is 0.150. The van der Waals surface area contributed by atoms with Crippen LogP contribution in [-0.4, -0.2) is 46.2 Å². The van der Waals surface area contributed by atoms with Crippen LogP contribution < -0.4 is 4.72 Å². The van der Waals surface area contributed by atoms with Crippen LogP contribution in [0.5, 0.6) is 0 Å². The van der Waals surface area contributed by atoms with Crippen molar-refractivity contribution in [2.75, 3.05) is 32.8 Å². The van der Waals surface area contributed by atoms with E-state index in [0.717, 1.165) is 29.8 Å². The number of aryl methyl sites for hydroxylation is 2. The van der Waals surface area contributed by atoms with Crippen LogP contribution in [0.3, 0.4) is 0 Å². The van der Waals surface area contributed by atoms with Gasteiger partial charge in [-0.05, 0) is 42.7 Å². The molecule has 1 N–H and O–H groups in total. The Balaban J connectivity index is 1.86. The summed E-state index contributed by atoms with van der Waals surface area (Å²) in [5.74, 6) is 0. The molecule has 1 atom stereocenters. The molecule has 27 heavy (non-hydrogen) atoms. The first-order chi connectivity index (χ1) is 12.9. The first-order valence-corrected chi connectivity index (χ1v) is 10.9. The number of nitrogens with zero attached hydrogens (tertiary/aromatic N) is 1. The van der Waals surface area contributed by atoms with Crippen LogP contribution in [-0.2, 0) is 14.8 Å². The third-order valence-electron chi connectivity index (χ3n) is 4.85. The molecule has 3 rings (SSSR count). The molecule has 0 radical (unpaired) electrons. The van der Waals surface area contributed by atoms with Crippen LogP contribution >= 0.6 is 11.6 Å². The largest absolute Gasteiger partial charge is 0.379 e. The number of morpholine rings is 1. The van der Waals surface area contributed by atoms with Gasteiger partial charge in [0.15, 0.2) is 0 Å². The molecular formula is C20H25ClN2O3S. The van der Waals surface area contributed by atoms with Crippen molar-refractivity contribution in [3.63, 3.8) is 0 Å². The fourth-order valence-corrected chi connectivity index (χ4v) is 4.96. The fraction of sp³-hybridized carbons (Fsp3) is 0.400. The molecule has 1 heterocycles. The van der Waals surface area contributed by atoms with Crippen molar-refractivity contribution < 1.29 is 13.2 Å². The molecule has 0 aliphatic carbocycles. The Morgan fingerprint density at radius 3 is 2.56 bits per heavy atom. The van der Waals surface area contributed by atoms with E-state index < -0.39 is 10.0 Å². The van der Waals surface area contributed by atoms with Crippen molar-refractivity contribution in [2.24, 2.45) is 0 Å². The molecule has 0 spiro atoms. The quantitative estimate of drug-likeness (QED) is 0.796. The monoisotopic (exact) mass is 408 g/mol. The van der Waals surface area contributed by atoms with Gasteiger partial charge in [0.25, 0.3) is 0 Å². The zero-order chi connectivity index (χ0) is 19.4. The van der Waals surface area contributed by atoms with Gasteiger partial charge in [-0.2, -0.15) is 0 Å². The molecule has 1 fully saturated rings. The average Bonchev–Trinajstić information content (AvgIpc) is 2.66. The Labute approximate surface area is 166 Å². The van der Waals surface area contributed by atoms with Crippen LogP contribution in [0.15, 0.2) is 47.4 Å². The molecule has 1 aliphatic rings. The molecule has 7 heteroatoms. The van der Waals surface area contributed by atoms with E-state index in [9.17, 15) is 8.42 Å². The second kappa shape index (κ2) is 8.71. The minimum atomic E-state index is -3.62. The third-order valence-corrected chi connectivity index (χ3v) is 6.76. The lowest BCUT2D eigenvalue weighted by atomic mass is 10.0. The van der Waals surface area contributed by atoms with Crippen LogP contribution in [0.4, 0.5) is 0 Å². The lowest BCUT2D eigenvalue weighted by molar-refractivity contribution is 0.0172. The van der Waals surface area contributed by atoms with E-state index in [-0.39, 0.29) is 12.6 Å². The van der Waals surface area contributed by atoms with Gasteiger partial charge >= 0.3 is 0 Å². The van der Waals surface area contributed by atoms with E-state index in [1.54, 1.807) is 6.07 Å². The number of hydrogen-bond acceptors (Lipinski definition) is 4. The Morgan fingerprint density at radius 2 is 1.85 bits per heavy atom. The van der Waals surface area contributed by atoms with Gasteiger partial charge in [0, 0.05) is 30.7 Å². The number of sulfonamides is 1. The zero-order valence-electron chi connectivity index (χ0n) is 15.6. The number of benzene rings is 2. The Hall–Kier alpha value is -1.44. The number of hydrogen-bond donors (Lipinski definition) is 1. The van der Waals surface area contributed by atoms with Gasteiger partial charge in [-0.3, -0.25) is 4.90 Å². The van der Waals surface area contributed by atoms with E-state index in [1.807, 2.05) is 50.2 Å². The summed E-state index contributed by atoms with van der Waals surface area (Å²) < 4.78 is 34.1. The highest BCUT2D eigenvalue weighted by Crippen LogP contribution is 2.28.